The molecule has 4 nitrogen and oxygen atoms in total. The van der Waals surface area contributed by atoms with Crippen molar-refractivity contribution < 1.29 is 9.47 Å². The Kier molecular flexibility index (Phi) is 7.48. The summed E-state index contributed by atoms with van der Waals surface area (Å²) in [6, 6.07) is 7.90. The van der Waals surface area contributed by atoms with Gasteiger partial charge in [-0.3, -0.25) is 0 Å². The lowest BCUT2D eigenvalue weighted by molar-refractivity contribution is 0.0616. The van der Waals surface area contributed by atoms with E-state index in [4.69, 9.17) is 15.2 Å². The van der Waals surface area contributed by atoms with Gasteiger partial charge in [-0.25, -0.2) is 0 Å². The molecule has 0 heterocycles. The SMILES string of the molecule is CC(C)OCCN(C)CCOc1ccccc1CN. The molecule has 0 atom stereocenters. The number of nitrogens with two attached hydrogens (primary N) is 1. The summed E-state index contributed by atoms with van der Waals surface area (Å²) >= 11 is 0. The zero-order chi connectivity index (χ0) is 14.1. The third kappa shape index (κ3) is 6.57. The van der Waals surface area contributed by atoms with Crippen LogP contribution in [0.5, 0.6) is 5.75 Å². The molecule has 1 rings (SSSR count). The molecule has 0 saturated carbocycles. The van der Waals surface area contributed by atoms with E-state index in [1.807, 2.05) is 38.1 Å². The summed E-state index contributed by atoms with van der Waals surface area (Å²) in [5.41, 5.74) is 6.72. The average molecular weight is 266 g/mol. The summed E-state index contributed by atoms with van der Waals surface area (Å²) < 4.78 is 11.3. The summed E-state index contributed by atoms with van der Waals surface area (Å²) in [6.45, 7) is 7.82. The van der Waals surface area contributed by atoms with Crippen molar-refractivity contribution in [2.24, 2.45) is 5.73 Å². The summed E-state index contributed by atoms with van der Waals surface area (Å²) in [5, 5.41) is 0. The number of ether oxygens (including phenoxy) is 2. The van der Waals surface area contributed by atoms with Crippen LogP contribution in [0.4, 0.5) is 0 Å². The van der Waals surface area contributed by atoms with Crippen molar-refractivity contribution in [1.82, 2.24) is 4.90 Å². The maximum atomic E-state index is 5.76. The molecule has 0 aliphatic heterocycles. The van der Waals surface area contributed by atoms with Crippen LogP contribution in [-0.2, 0) is 11.3 Å². The third-order valence-electron chi connectivity index (χ3n) is 2.85. The van der Waals surface area contributed by atoms with Gasteiger partial charge in [0.2, 0.25) is 0 Å². The van der Waals surface area contributed by atoms with Crippen molar-refractivity contribution in [3.05, 3.63) is 29.8 Å². The van der Waals surface area contributed by atoms with Crippen molar-refractivity contribution >= 4 is 0 Å². The largest absolute Gasteiger partial charge is 0.492 e. The number of benzene rings is 1. The van der Waals surface area contributed by atoms with Gasteiger partial charge in [0.25, 0.3) is 0 Å². The van der Waals surface area contributed by atoms with Gasteiger partial charge >= 0.3 is 0 Å². The zero-order valence-corrected chi connectivity index (χ0v) is 12.3. The van der Waals surface area contributed by atoms with E-state index in [2.05, 4.69) is 11.9 Å². The molecule has 0 aliphatic carbocycles. The summed E-state index contributed by atoms with van der Waals surface area (Å²) in [6.07, 6.45) is 0.293. The van der Waals surface area contributed by atoms with Crippen LogP contribution in [0.1, 0.15) is 19.4 Å². The molecule has 0 radical (unpaired) electrons. The van der Waals surface area contributed by atoms with Gasteiger partial charge in [-0.05, 0) is 27.0 Å². The molecule has 0 fully saturated rings. The van der Waals surface area contributed by atoms with E-state index in [-0.39, 0.29) is 0 Å². The second-order valence-corrected chi connectivity index (χ2v) is 4.88. The van der Waals surface area contributed by atoms with E-state index in [1.54, 1.807) is 0 Å². The van der Waals surface area contributed by atoms with Crippen LogP contribution in [-0.4, -0.2) is 44.4 Å². The van der Waals surface area contributed by atoms with Gasteiger partial charge in [-0.15, -0.1) is 0 Å². The lowest BCUT2D eigenvalue weighted by atomic mass is 10.2. The minimum absolute atomic E-state index is 0.293. The number of likely N-dealkylation sites (N-methyl/N-ethyl adjacent to an activating group) is 1. The lowest BCUT2D eigenvalue weighted by Crippen LogP contribution is -2.28. The molecule has 0 aromatic heterocycles. The number of hydrogen-bond acceptors (Lipinski definition) is 4. The molecule has 0 saturated heterocycles. The van der Waals surface area contributed by atoms with Crippen molar-refractivity contribution in [2.45, 2.75) is 26.5 Å². The number of nitrogens with zero attached hydrogens (tertiary/aromatic N) is 1. The Bertz CT molecular complexity index is 356. The first kappa shape index (κ1) is 16.0. The highest BCUT2D eigenvalue weighted by Gasteiger charge is 2.03. The van der Waals surface area contributed by atoms with E-state index in [0.29, 0.717) is 19.3 Å². The predicted octanol–water partition coefficient (Wildman–Crippen LogP) is 1.88. The van der Waals surface area contributed by atoms with E-state index >= 15 is 0 Å². The second kappa shape index (κ2) is 8.91. The maximum absolute atomic E-state index is 5.76. The van der Waals surface area contributed by atoms with Gasteiger partial charge in [0.05, 0.1) is 12.7 Å². The van der Waals surface area contributed by atoms with Gasteiger partial charge in [-0.2, -0.15) is 0 Å². The molecule has 19 heavy (non-hydrogen) atoms. The highest BCUT2D eigenvalue weighted by atomic mass is 16.5. The van der Waals surface area contributed by atoms with E-state index in [0.717, 1.165) is 31.0 Å². The molecule has 108 valence electrons. The Balaban J connectivity index is 2.22. The molecule has 0 aliphatic rings. The summed E-state index contributed by atoms with van der Waals surface area (Å²) in [4.78, 5) is 2.20. The standard InChI is InChI=1S/C15H26N2O2/c1-13(2)18-10-8-17(3)9-11-19-15-7-5-4-6-14(15)12-16/h4-7,13H,8-12,16H2,1-3H3. The van der Waals surface area contributed by atoms with E-state index < -0.39 is 0 Å². The molecule has 0 bridgehead atoms. The molecular formula is C15H26N2O2. The smallest absolute Gasteiger partial charge is 0.123 e. The first-order valence-corrected chi connectivity index (χ1v) is 6.84. The van der Waals surface area contributed by atoms with Gasteiger partial charge in [0, 0.05) is 25.2 Å². The summed E-state index contributed by atoms with van der Waals surface area (Å²) in [5.74, 6) is 0.886. The van der Waals surface area contributed by atoms with Gasteiger partial charge in [0.15, 0.2) is 0 Å². The molecule has 2 N–H and O–H groups in total. The number of para-hydroxylation sites is 1. The monoisotopic (exact) mass is 266 g/mol. The Morgan fingerprint density at radius 2 is 1.84 bits per heavy atom. The Morgan fingerprint density at radius 3 is 2.53 bits per heavy atom. The van der Waals surface area contributed by atoms with Gasteiger partial charge in [0.1, 0.15) is 12.4 Å². The molecular weight excluding hydrogens is 240 g/mol. The third-order valence-corrected chi connectivity index (χ3v) is 2.85. The zero-order valence-electron chi connectivity index (χ0n) is 12.3. The normalized spacial score (nSPS) is 11.3. The Hall–Kier alpha value is -1.10. The van der Waals surface area contributed by atoms with Crippen molar-refractivity contribution in [1.29, 1.82) is 0 Å². The lowest BCUT2D eigenvalue weighted by Gasteiger charge is -2.18. The van der Waals surface area contributed by atoms with Crippen molar-refractivity contribution in [3.63, 3.8) is 0 Å². The van der Waals surface area contributed by atoms with Crippen LogP contribution in [0.25, 0.3) is 0 Å². The second-order valence-electron chi connectivity index (χ2n) is 4.88. The van der Waals surface area contributed by atoms with Crippen LogP contribution in [0.3, 0.4) is 0 Å². The average Bonchev–Trinajstić information content (AvgIpc) is 2.39. The highest BCUT2D eigenvalue weighted by Crippen LogP contribution is 2.16. The van der Waals surface area contributed by atoms with Crippen molar-refractivity contribution in [3.8, 4) is 5.75 Å². The van der Waals surface area contributed by atoms with E-state index in [9.17, 15) is 0 Å². The predicted molar refractivity (Wildman–Crippen MR) is 78.4 cm³/mol. The van der Waals surface area contributed by atoms with E-state index in [1.165, 1.54) is 0 Å². The molecule has 1 aromatic rings. The maximum Gasteiger partial charge on any atom is 0.123 e. The fraction of sp³-hybridized carbons (Fsp3) is 0.600. The van der Waals surface area contributed by atoms with Crippen LogP contribution < -0.4 is 10.5 Å². The van der Waals surface area contributed by atoms with Crippen LogP contribution in [0.15, 0.2) is 24.3 Å². The molecule has 1 aromatic carbocycles. The first-order chi connectivity index (χ1) is 9.13. The first-order valence-electron chi connectivity index (χ1n) is 6.84. The number of rotatable bonds is 9. The summed E-state index contributed by atoms with van der Waals surface area (Å²) in [7, 11) is 2.07. The minimum Gasteiger partial charge on any atom is -0.492 e. The topological polar surface area (TPSA) is 47.7 Å². The molecule has 0 unspecified atom stereocenters. The Morgan fingerprint density at radius 1 is 1.16 bits per heavy atom. The molecule has 0 spiro atoms. The number of hydrogen-bond donors (Lipinski definition) is 1. The van der Waals surface area contributed by atoms with Gasteiger partial charge in [-0.1, -0.05) is 18.2 Å². The minimum atomic E-state index is 0.293. The highest BCUT2D eigenvalue weighted by molar-refractivity contribution is 5.32. The molecule has 0 amide bonds. The fourth-order valence-electron chi connectivity index (χ4n) is 1.68. The van der Waals surface area contributed by atoms with Crippen LogP contribution in [0.2, 0.25) is 0 Å². The van der Waals surface area contributed by atoms with Crippen LogP contribution >= 0.6 is 0 Å². The molecule has 4 heteroatoms. The quantitative estimate of drug-likeness (QED) is 0.741. The van der Waals surface area contributed by atoms with Gasteiger partial charge < -0.3 is 20.1 Å². The van der Waals surface area contributed by atoms with Crippen molar-refractivity contribution in [2.75, 3.05) is 33.4 Å². The Labute approximate surface area is 116 Å². The fourth-order valence-corrected chi connectivity index (χ4v) is 1.68. The van der Waals surface area contributed by atoms with Crippen LogP contribution in [0, 0.1) is 0 Å².